The lowest BCUT2D eigenvalue weighted by molar-refractivity contribution is 0.0197. The average Bonchev–Trinajstić information content (AvgIpc) is 2.50. The van der Waals surface area contributed by atoms with Gasteiger partial charge in [0.2, 0.25) is 11.5 Å². The van der Waals surface area contributed by atoms with Crippen molar-refractivity contribution in [2.45, 2.75) is 12.2 Å². The van der Waals surface area contributed by atoms with Crippen LogP contribution in [0.2, 0.25) is 0 Å². The summed E-state index contributed by atoms with van der Waals surface area (Å²) < 4.78 is 5.35. The number of carbonyl (C=O) groups excluding carboxylic acids is 1. The van der Waals surface area contributed by atoms with E-state index in [1.165, 1.54) is 6.07 Å². The maximum Gasteiger partial charge on any atom is 0.203 e. The molecule has 2 aromatic rings. The monoisotopic (exact) mass is 320 g/mol. The summed E-state index contributed by atoms with van der Waals surface area (Å²) in [6, 6.07) is 4.29. The van der Waals surface area contributed by atoms with Crippen molar-refractivity contribution >= 4 is 5.78 Å². The Kier molecular flexibility index (Phi) is 3.19. The SMILES string of the molecule is O=C1c2c(O)cc(O)c(O)c2O[C@H](c2ccc(O)c(O)c2)C1O. The molecule has 2 aromatic carbocycles. The second-order valence-corrected chi connectivity index (χ2v) is 5.06. The van der Waals surface area contributed by atoms with Gasteiger partial charge in [0.05, 0.1) is 0 Å². The van der Waals surface area contributed by atoms with Gasteiger partial charge in [-0.3, -0.25) is 4.79 Å². The van der Waals surface area contributed by atoms with Gasteiger partial charge in [0, 0.05) is 6.07 Å². The molecule has 0 amide bonds. The first-order valence-electron chi connectivity index (χ1n) is 6.50. The van der Waals surface area contributed by atoms with Gasteiger partial charge in [-0.2, -0.15) is 0 Å². The third-order valence-corrected chi connectivity index (χ3v) is 3.59. The van der Waals surface area contributed by atoms with Crippen LogP contribution in [-0.4, -0.2) is 42.5 Å². The Hall–Kier alpha value is -3.13. The fourth-order valence-electron chi connectivity index (χ4n) is 2.42. The van der Waals surface area contributed by atoms with Gasteiger partial charge >= 0.3 is 0 Å². The molecular formula is C15H12O8. The Bertz CT molecular complexity index is 814. The van der Waals surface area contributed by atoms with Crippen LogP contribution in [0.4, 0.5) is 0 Å². The number of aliphatic hydroxyl groups is 1. The van der Waals surface area contributed by atoms with E-state index in [1.54, 1.807) is 0 Å². The first kappa shape index (κ1) is 14.8. The second kappa shape index (κ2) is 4.96. The predicted octanol–water partition coefficient (Wildman–Crippen LogP) is 0.892. The summed E-state index contributed by atoms with van der Waals surface area (Å²) in [4.78, 5) is 12.2. The van der Waals surface area contributed by atoms with Crippen molar-refractivity contribution in [1.82, 2.24) is 0 Å². The van der Waals surface area contributed by atoms with Crippen LogP contribution in [0.15, 0.2) is 24.3 Å². The summed E-state index contributed by atoms with van der Waals surface area (Å²) in [6.45, 7) is 0. The molecule has 120 valence electrons. The van der Waals surface area contributed by atoms with Crippen LogP contribution in [0.3, 0.4) is 0 Å². The van der Waals surface area contributed by atoms with Crippen molar-refractivity contribution in [3.8, 4) is 34.5 Å². The maximum absolute atomic E-state index is 12.2. The highest BCUT2D eigenvalue weighted by atomic mass is 16.5. The zero-order valence-corrected chi connectivity index (χ0v) is 11.5. The van der Waals surface area contributed by atoms with Gasteiger partial charge in [0.1, 0.15) is 11.3 Å². The van der Waals surface area contributed by atoms with Gasteiger partial charge in [-0.1, -0.05) is 6.07 Å². The Morgan fingerprint density at radius 2 is 1.57 bits per heavy atom. The minimum Gasteiger partial charge on any atom is -0.507 e. The smallest absolute Gasteiger partial charge is 0.203 e. The predicted molar refractivity (Wildman–Crippen MR) is 74.9 cm³/mol. The van der Waals surface area contributed by atoms with Gasteiger partial charge in [-0.15, -0.1) is 0 Å². The van der Waals surface area contributed by atoms with Crippen molar-refractivity contribution in [2.24, 2.45) is 0 Å². The molecule has 0 radical (unpaired) electrons. The Balaban J connectivity index is 2.14. The molecule has 1 aliphatic rings. The number of hydrogen-bond acceptors (Lipinski definition) is 8. The fraction of sp³-hybridized carbons (Fsp3) is 0.133. The highest BCUT2D eigenvalue weighted by Crippen LogP contribution is 2.49. The molecule has 0 fully saturated rings. The van der Waals surface area contributed by atoms with Crippen LogP contribution in [0.1, 0.15) is 22.0 Å². The molecule has 0 spiro atoms. The maximum atomic E-state index is 12.2. The number of ether oxygens (including phenoxy) is 1. The number of ketones is 1. The summed E-state index contributed by atoms with van der Waals surface area (Å²) in [7, 11) is 0. The van der Waals surface area contributed by atoms with Crippen LogP contribution < -0.4 is 4.74 Å². The first-order chi connectivity index (χ1) is 10.8. The summed E-state index contributed by atoms with van der Waals surface area (Å²) in [6.07, 6.45) is -3.03. The number of aliphatic hydroxyl groups excluding tert-OH is 1. The van der Waals surface area contributed by atoms with E-state index in [0.29, 0.717) is 0 Å². The first-order valence-corrected chi connectivity index (χ1v) is 6.50. The van der Waals surface area contributed by atoms with Crippen LogP contribution in [0.5, 0.6) is 34.5 Å². The van der Waals surface area contributed by atoms with E-state index in [-0.39, 0.29) is 5.56 Å². The zero-order chi connectivity index (χ0) is 16.9. The van der Waals surface area contributed by atoms with Gasteiger partial charge in [0.15, 0.2) is 35.2 Å². The van der Waals surface area contributed by atoms with Crippen LogP contribution >= 0.6 is 0 Å². The van der Waals surface area contributed by atoms with E-state index < -0.39 is 58.1 Å². The quantitative estimate of drug-likeness (QED) is 0.335. The Morgan fingerprint density at radius 3 is 2.22 bits per heavy atom. The normalized spacial score (nSPS) is 20.0. The standard InChI is InChI=1S/C15H12O8/c16-6-2-1-5(3-7(6)17)14-13(22)12(21)10-8(18)4-9(19)11(20)15(10)23-14/h1-4,13-14,16-20,22H/t13?,14-/m1/s1. The van der Waals surface area contributed by atoms with Crippen molar-refractivity contribution in [1.29, 1.82) is 0 Å². The number of phenolic OH excluding ortho intramolecular Hbond substituents is 5. The highest BCUT2D eigenvalue weighted by Gasteiger charge is 2.41. The van der Waals surface area contributed by atoms with Gasteiger partial charge in [0.25, 0.3) is 0 Å². The van der Waals surface area contributed by atoms with Crippen molar-refractivity contribution in [3.05, 3.63) is 35.4 Å². The van der Waals surface area contributed by atoms with Gasteiger partial charge < -0.3 is 35.4 Å². The molecule has 2 atom stereocenters. The lowest BCUT2D eigenvalue weighted by Crippen LogP contribution is -2.36. The summed E-state index contributed by atoms with van der Waals surface area (Å²) in [5.41, 5.74) is -0.305. The summed E-state index contributed by atoms with van der Waals surface area (Å²) >= 11 is 0. The van der Waals surface area contributed by atoms with E-state index >= 15 is 0 Å². The highest BCUT2D eigenvalue weighted by molar-refractivity contribution is 6.06. The molecule has 0 bridgehead atoms. The van der Waals surface area contributed by atoms with E-state index in [2.05, 4.69) is 0 Å². The minimum atomic E-state index is -1.72. The van der Waals surface area contributed by atoms with Gasteiger partial charge in [-0.25, -0.2) is 0 Å². The van der Waals surface area contributed by atoms with Gasteiger partial charge in [-0.05, 0) is 17.7 Å². The van der Waals surface area contributed by atoms with E-state index in [9.17, 15) is 35.4 Å². The average molecular weight is 320 g/mol. The lowest BCUT2D eigenvalue weighted by atomic mass is 9.92. The molecule has 8 heteroatoms. The Labute approximate surface area is 129 Å². The number of carbonyl (C=O) groups is 1. The van der Waals surface area contributed by atoms with Crippen molar-refractivity contribution in [3.63, 3.8) is 0 Å². The number of fused-ring (bicyclic) bond motifs is 1. The molecule has 1 heterocycles. The third kappa shape index (κ3) is 2.16. The molecular weight excluding hydrogens is 308 g/mol. The molecule has 0 aliphatic carbocycles. The van der Waals surface area contributed by atoms with Crippen LogP contribution in [0.25, 0.3) is 0 Å². The molecule has 0 aromatic heterocycles. The molecule has 6 N–H and O–H groups in total. The Morgan fingerprint density at radius 1 is 0.870 bits per heavy atom. The van der Waals surface area contributed by atoms with E-state index in [1.807, 2.05) is 0 Å². The molecule has 0 saturated heterocycles. The number of rotatable bonds is 1. The number of Topliss-reactive ketones (excluding diaryl/α,β-unsaturated/α-hetero) is 1. The molecule has 3 rings (SSSR count). The van der Waals surface area contributed by atoms with Crippen molar-refractivity contribution in [2.75, 3.05) is 0 Å². The third-order valence-electron chi connectivity index (χ3n) is 3.59. The van der Waals surface area contributed by atoms with E-state index in [0.717, 1.165) is 18.2 Å². The molecule has 23 heavy (non-hydrogen) atoms. The van der Waals surface area contributed by atoms with Crippen molar-refractivity contribution < 1.29 is 40.2 Å². The number of benzene rings is 2. The second-order valence-electron chi connectivity index (χ2n) is 5.06. The molecule has 0 saturated carbocycles. The number of aromatic hydroxyl groups is 5. The minimum absolute atomic E-state index is 0.147. The summed E-state index contributed by atoms with van der Waals surface area (Å²) in [5.74, 6) is -4.38. The molecule has 1 unspecified atom stereocenters. The number of hydrogen-bond donors (Lipinski definition) is 6. The molecule has 8 nitrogen and oxygen atoms in total. The number of phenols is 5. The zero-order valence-electron chi connectivity index (χ0n) is 11.5. The largest absolute Gasteiger partial charge is 0.507 e. The van der Waals surface area contributed by atoms with Crippen LogP contribution in [-0.2, 0) is 0 Å². The lowest BCUT2D eigenvalue weighted by Gasteiger charge is -2.30. The summed E-state index contributed by atoms with van der Waals surface area (Å²) in [5, 5.41) is 58.0. The fourth-order valence-corrected chi connectivity index (χ4v) is 2.42. The topological polar surface area (TPSA) is 148 Å². The van der Waals surface area contributed by atoms with E-state index in [4.69, 9.17) is 4.74 Å². The van der Waals surface area contributed by atoms with Crippen LogP contribution in [0, 0.1) is 0 Å². The molecule has 1 aliphatic heterocycles.